The highest BCUT2D eigenvalue weighted by molar-refractivity contribution is 5.84. The maximum Gasteiger partial charge on any atom is 0.336 e. The van der Waals surface area contributed by atoms with Gasteiger partial charge in [-0.2, -0.15) is 0 Å². The van der Waals surface area contributed by atoms with E-state index in [4.69, 9.17) is 9.15 Å². The number of phenolic OH excluding ortho intramolecular Hbond substituents is 1. The zero-order valence-corrected chi connectivity index (χ0v) is 11.4. The van der Waals surface area contributed by atoms with Gasteiger partial charge in [-0.15, -0.1) is 0 Å². The first kappa shape index (κ1) is 13.1. The Morgan fingerprint density at radius 3 is 2.80 bits per heavy atom. The van der Waals surface area contributed by atoms with Crippen molar-refractivity contribution in [3.8, 4) is 5.75 Å². The van der Waals surface area contributed by atoms with Gasteiger partial charge in [0.25, 0.3) is 0 Å². The summed E-state index contributed by atoms with van der Waals surface area (Å²) in [5.41, 5.74) is 1.62. The normalized spacial score (nSPS) is 16.6. The van der Waals surface area contributed by atoms with Crippen molar-refractivity contribution in [3.63, 3.8) is 0 Å². The fraction of sp³-hybridized carbons (Fsp3) is 0.400. The van der Waals surface area contributed by atoms with Gasteiger partial charge in [0.05, 0.1) is 13.2 Å². The van der Waals surface area contributed by atoms with E-state index in [1.54, 1.807) is 19.1 Å². The molecule has 0 radical (unpaired) electrons. The largest absolute Gasteiger partial charge is 0.508 e. The molecule has 1 aromatic carbocycles. The van der Waals surface area contributed by atoms with Gasteiger partial charge in [0, 0.05) is 36.7 Å². The van der Waals surface area contributed by atoms with Gasteiger partial charge in [-0.3, -0.25) is 4.90 Å². The second-order valence-electron chi connectivity index (χ2n) is 5.07. The van der Waals surface area contributed by atoms with Gasteiger partial charge in [-0.25, -0.2) is 4.79 Å². The second-order valence-corrected chi connectivity index (χ2v) is 5.07. The first-order valence-corrected chi connectivity index (χ1v) is 6.70. The van der Waals surface area contributed by atoms with E-state index in [0.29, 0.717) is 17.7 Å². The Morgan fingerprint density at radius 1 is 1.30 bits per heavy atom. The van der Waals surface area contributed by atoms with Gasteiger partial charge in [0.1, 0.15) is 11.3 Å². The van der Waals surface area contributed by atoms with Gasteiger partial charge in [-0.05, 0) is 24.6 Å². The molecule has 2 heterocycles. The molecule has 1 aliphatic rings. The summed E-state index contributed by atoms with van der Waals surface area (Å²) in [5, 5.41) is 10.6. The number of benzene rings is 1. The van der Waals surface area contributed by atoms with E-state index in [0.717, 1.165) is 37.3 Å². The lowest BCUT2D eigenvalue weighted by Gasteiger charge is -2.26. The molecule has 106 valence electrons. The zero-order chi connectivity index (χ0) is 14.1. The molecule has 1 N–H and O–H groups in total. The summed E-state index contributed by atoms with van der Waals surface area (Å²) in [5.74, 6) is 0.143. The molecule has 1 aromatic heterocycles. The molecule has 0 amide bonds. The fourth-order valence-electron chi connectivity index (χ4n) is 2.55. The molecule has 0 atom stereocenters. The zero-order valence-electron chi connectivity index (χ0n) is 11.4. The predicted octanol–water partition coefficient (Wildman–Crippen LogP) is 1.64. The van der Waals surface area contributed by atoms with Gasteiger partial charge in [0.15, 0.2) is 0 Å². The maximum atomic E-state index is 11.7. The van der Waals surface area contributed by atoms with Gasteiger partial charge < -0.3 is 14.3 Å². The van der Waals surface area contributed by atoms with Gasteiger partial charge in [-0.1, -0.05) is 0 Å². The topological polar surface area (TPSA) is 62.9 Å². The molecule has 1 saturated heterocycles. The molecule has 3 rings (SSSR count). The standard InChI is InChI=1S/C15H17NO4/c1-10-13(17)3-2-12-11(8-14(18)20-15(10)12)9-16-4-6-19-7-5-16/h2-3,8,17H,4-7,9H2,1H3. The molecule has 1 aliphatic heterocycles. The van der Waals surface area contributed by atoms with E-state index in [9.17, 15) is 9.90 Å². The molecule has 5 heteroatoms. The molecule has 5 nitrogen and oxygen atoms in total. The molecule has 1 fully saturated rings. The van der Waals surface area contributed by atoms with Crippen LogP contribution in [0.3, 0.4) is 0 Å². The van der Waals surface area contributed by atoms with Crippen molar-refractivity contribution in [1.29, 1.82) is 0 Å². The van der Waals surface area contributed by atoms with E-state index in [1.165, 1.54) is 6.07 Å². The van der Waals surface area contributed by atoms with E-state index in [1.807, 2.05) is 0 Å². The van der Waals surface area contributed by atoms with Crippen molar-refractivity contribution in [2.24, 2.45) is 0 Å². The van der Waals surface area contributed by atoms with Crippen molar-refractivity contribution < 1.29 is 14.3 Å². The summed E-state index contributed by atoms with van der Waals surface area (Å²) in [7, 11) is 0. The average molecular weight is 275 g/mol. The third kappa shape index (κ3) is 2.42. The van der Waals surface area contributed by atoms with Crippen LogP contribution in [0.5, 0.6) is 5.75 Å². The minimum atomic E-state index is -0.380. The number of fused-ring (bicyclic) bond motifs is 1. The molecular weight excluding hydrogens is 258 g/mol. The van der Waals surface area contributed by atoms with Crippen LogP contribution in [0.1, 0.15) is 11.1 Å². The average Bonchev–Trinajstić information content (AvgIpc) is 2.44. The Labute approximate surface area is 116 Å². The Hall–Kier alpha value is -1.85. The Balaban J connectivity index is 2.05. The van der Waals surface area contributed by atoms with Gasteiger partial charge >= 0.3 is 5.63 Å². The van der Waals surface area contributed by atoms with Crippen molar-refractivity contribution in [2.45, 2.75) is 13.5 Å². The van der Waals surface area contributed by atoms with Crippen molar-refractivity contribution >= 4 is 11.0 Å². The van der Waals surface area contributed by atoms with E-state index in [-0.39, 0.29) is 11.4 Å². The maximum absolute atomic E-state index is 11.7. The van der Waals surface area contributed by atoms with Crippen LogP contribution in [-0.4, -0.2) is 36.3 Å². The van der Waals surface area contributed by atoms with Crippen LogP contribution >= 0.6 is 0 Å². The molecule has 0 spiro atoms. The van der Waals surface area contributed by atoms with Crippen LogP contribution in [0.4, 0.5) is 0 Å². The number of hydrogen-bond donors (Lipinski definition) is 1. The predicted molar refractivity (Wildman–Crippen MR) is 75.0 cm³/mol. The molecule has 0 saturated carbocycles. The van der Waals surface area contributed by atoms with E-state index < -0.39 is 0 Å². The first-order valence-electron chi connectivity index (χ1n) is 6.70. The first-order chi connectivity index (χ1) is 9.65. The SMILES string of the molecule is Cc1c(O)ccc2c(CN3CCOCC3)cc(=O)oc12. The van der Waals surface area contributed by atoms with Crippen LogP contribution in [0, 0.1) is 6.92 Å². The van der Waals surface area contributed by atoms with E-state index in [2.05, 4.69) is 4.90 Å². The van der Waals surface area contributed by atoms with Crippen LogP contribution in [-0.2, 0) is 11.3 Å². The molecule has 20 heavy (non-hydrogen) atoms. The quantitative estimate of drug-likeness (QED) is 0.844. The van der Waals surface area contributed by atoms with Crippen molar-refractivity contribution in [2.75, 3.05) is 26.3 Å². The van der Waals surface area contributed by atoms with Crippen LogP contribution in [0.15, 0.2) is 27.4 Å². The van der Waals surface area contributed by atoms with Crippen LogP contribution in [0.25, 0.3) is 11.0 Å². The molecule has 0 bridgehead atoms. The number of nitrogens with zero attached hydrogens (tertiary/aromatic N) is 1. The summed E-state index contributed by atoms with van der Waals surface area (Å²) in [6, 6.07) is 4.98. The number of phenols is 1. The summed E-state index contributed by atoms with van der Waals surface area (Å²) in [4.78, 5) is 14.0. The highest BCUT2D eigenvalue weighted by Gasteiger charge is 2.15. The summed E-state index contributed by atoms with van der Waals surface area (Å²) < 4.78 is 10.6. The highest BCUT2D eigenvalue weighted by Crippen LogP contribution is 2.27. The van der Waals surface area contributed by atoms with Crippen LogP contribution in [0.2, 0.25) is 0 Å². The number of aromatic hydroxyl groups is 1. The molecule has 2 aromatic rings. The van der Waals surface area contributed by atoms with Gasteiger partial charge in [0.2, 0.25) is 0 Å². The second kappa shape index (κ2) is 5.26. The molecule has 0 unspecified atom stereocenters. The Morgan fingerprint density at radius 2 is 2.05 bits per heavy atom. The Bertz CT molecular complexity index is 686. The lowest BCUT2D eigenvalue weighted by atomic mass is 10.1. The summed E-state index contributed by atoms with van der Waals surface area (Å²) >= 11 is 0. The minimum Gasteiger partial charge on any atom is -0.508 e. The number of aryl methyl sites for hydroxylation is 1. The van der Waals surface area contributed by atoms with Crippen molar-refractivity contribution in [3.05, 3.63) is 39.7 Å². The van der Waals surface area contributed by atoms with Crippen LogP contribution < -0.4 is 5.63 Å². The smallest absolute Gasteiger partial charge is 0.336 e. The monoisotopic (exact) mass is 275 g/mol. The number of hydrogen-bond acceptors (Lipinski definition) is 5. The molecule has 0 aliphatic carbocycles. The van der Waals surface area contributed by atoms with Crippen molar-refractivity contribution in [1.82, 2.24) is 4.90 Å². The van der Waals surface area contributed by atoms with E-state index >= 15 is 0 Å². The fourth-order valence-corrected chi connectivity index (χ4v) is 2.55. The highest BCUT2D eigenvalue weighted by atomic mass is 16.5. The lowest BCUT2D eigenvalue weighted by molar-refractivity contribution is 0.0343. The third-order valence-electron chi connectivity index (χ3n) is 3.72. The Kier molecular flexibility index (Phi) is 3.46. The number of rotatable bonds is 2. The third-order valence-corrected chi connectivity index (χ3v) is 3.72. The molecular formula is C15H17NO4. The summed E-state index contributed by atoms with van der Waals surface area (Å²) in [6.45, 7) is 5.60. The number of morpholine rings is 1. The number of ether oxygens (including phenoxy) is 1. The summed E-state index contributed by atoms with van der Waals surface area (Å²) in [6.07, 6.45) is 0. The lowest BCUT2D eigenvalue weighted by Crippen LogP contribution is -2.35. The minimum absolute atomic E-state index is 0.143.